The van der Waals surface area contributed by atoms with Gasteiger partial charge in [0.2, 0.25) is 20.0 Å². The number of thiophene rings is 1. The molecule has 10 heterocycles. The first-order chi connectivity index (χ1) is 66.6. The number of carbonyl (C=O) groups is 2. The Balaban J connectivity index is 0.000000181. The molecule has 0 radical (unpaired) electrons. The number of nitrogen functional groups attached to an aromatic ring is 4. The van der Waals surface area contributed by atoms with E-state index in [4.69, 9.17) is 77.6 Å². The number of morpholine rings is 2. The van der Waals surface area contributed by atoms with Gasteiger partial charge in [0.1, 0.15) is 62.5 Å². The fraction of sp³-hybridized carbons (Fsp3) is 0.212. The Hall–Kier alpha value is -12.1. The van der Waals surface area contributed by atoms with E-state index >= 15 is 0 Å². The van der Waals surface area contributed by atoms with Gasteiger partial charge < -0.3 is 56.6 Å². The van der Waals surface area contributed by atoms with Crippen molar-refractivity contribution in [3.8, 4) is 23.0 Å². The first-order valence-corrected chi connectivity index (χ1v) is 48.6. The smallest absolute Gasteiger partial charge is 0.858 e. The predicted octanol–water partition coefficient (Wildman–Crippen LogP) is 5.65. The van der Waals surface area contributed by atoms with Gasteiger partial charge in [-0.1, -0.05) is 76.4 Å². The zero-order valence-electron chi connectivity index (χ0n) is 75.9. The van der Waals surface area contributed by atoms with Crippen LogP contribution in [0.5, 0.6) is 0 Å². The standard InChI is InChI=1S/C24H27ClN4O7S2.C21H19Cl2N3O6S3.C21H17F5N8O2.C19H17F2N9O2.2Na/c1-14-12-29(13-15(2)35-14)38(33,34)20-8-6-19(7-9-20)26-24(30)21-11-18(25)5-10-22(21)28-37(31,32)23-16(3)27-36-17(23)4;22-14-1-6-18(25-34(28,29)20-8-7-19(23)33-20)17(13-14)21(27)24-15-2-4-16(5-3-15)35(30,31)26-9-11-32-12-10-26;1-36-20(35)33(9-21(24,25)26)15-16(27)30-18(31-17(15)28)14-12-6-11(22)7-29-19(12)34(32-14)8-10-4-2-3-5-13(10)23;1-32-19(31)30(24)14-15(22)26-17(27-16(14)23)13-11-6-10(20)7-25-18(11)29(28-13)8-9-4-2-3-5-12(9)21;;/h5-11,14-15,28H,12-13H2,1-4H3,(H,26,30);1-8,13,25H,9-12H2,(H,24,27);2-7H,8-9H2,1H3,(H4,27,28,30,31);2-7H,8,24H2,1H3,(H4,22,23,26,27);;/q;;;;2*+1/p-2. The second-order valence-corrected chi connectivity index (χ2v) is 40.3. The molecule has 58 heteroatoms. The quantitative estimate of drug-likeness (QED) is 0.00774. The molecule has 41 nitrogen and oxygen atoms in total. The summed E-state index contributed by atoms with van der Waals surface area (Å²) in [6.07, 6.45) is -5.68. The fourth-order valence-electron chi connectivity index (χ4n) is 14.0. The number of nitrogens with one attached hydrogen (secondary N) is 2. The summed E-state index contributed by atoms with van der Waals surface area (Å²) < 4.78 is 234. The number of aliphatic imine (C=N–C) groups is 2. The van der Waals surface area contributed by atoms with E-state index in [1.54, 1.807) is 24.3 Å². The van der Waals surface area contributed by atoms with Gasteiger partial charge in [0.25, 0.3) is 20.0 Å². The molecule has 143 heavy (non-hydrogen) atoms. The van der Waals surface area contributed by atoms with Crippen molar-refractivity contribution in [1.29, 1.82) is 0 Å². The number of methoxy groups -OCH3 is 2. The van der Waals surface area contributed by atoms with Crippen LogP contribution >= 0.6 is 46.1 Å². The summed E-state index contributed by atoms with van der Waals surface area (Å²) in [6.45, 7) is 6.36. The molecular formula is C85H78Cl3F7N24Na2O17S5. The molecule has 2 fully saturated rings. The number of nitrogens with two attached hydrogens (primary N) is 5. The molecule has 2 saturated heterocycles. The number of benzene rings is 6. The zero-order valence-corrected chi connectivity index (χ0v) is 86.3. The first-order valence-electron chi connectivity index (χ1n) is 40.8. The summed E-state index contributed by atoms with van der Waals surface area (Å²) in [5.41, 5.74) is 24.2. The molecule has 2 amide bonds. The summed E-state index contributed by atoms with van der Waals surface area (Å²) in [7, 11) is -13.6. The Kier molecular flexibility index (Phi) is 36.4. The van der Waals surface area contributed by atoms with Crippen molar-refractivity contribution in [3.63, 3.8) is 0 Å². The van der Waals surface area contributed by atoms with Crippen LogP contribution in [-0.2, 0) is 72.1 Å². The van der Waals surface area contributed by atoms with Gasteiger partial charge in [0.05, 0.1) is 113 Å². The molecule has 0 aliphatic carbocycles. The topological polar surface area (TPSA) is 585 Å². The minimum absolute atomic E-state index is 0. The Bertz CT molecular complexity index is 7590. The molecule has 742 valence electrons. The van der Waals surface area contributed by atoms with Gasteiger partial charge in [-0.2, -0.15) is 32.0 Å². The van der Waals surface area contributed by atoms with Crippen LogP contribution in [-0.4, -0.2) is 199 Å². The molecule has 14 aromatic rings. The number of aromatic nitrogens is 11. The Morgan fingerprint density at radius 1 is 0.580 bits per heavy atom. The van der Waals surface area contributed by atoms with Gasteiger partial charge in [-0.25, -0.2) is 111 Å². The van der Waals surface area contributed by atoms with Crippen LogP contribution in [0.1, 0.15) is 47.6 Å². The number of anilines is 8. The largest absolute Gasteiger partial charge is 1.00 e. The van der Waals surface area contributed by atoms with Crippen molar-refractivity contribution in [2.24, 2.45) is 15.8 Å². The number of halogens is 10. The first kappa shape index (κ1) is 111. The molecular weight excluding hydrogens is 2070 g/mol. The monoisotopic (exact) mass is 2150 g/mol. The molecule has 6 aromatic carbocycles. The summed E-state index contributed by atoms with van der Waals surface area (Å²) in [4.78, 5) is 56.1. The number of carbonyl (C=O) groups excluding carboxylic acids is 2. The van der Waals surface area contributed by atoms with E-state index in [2.05, 4.69) is 74.2 Å². The fourth-order valence-corrected chi connectivity index (χ4v) is 21.3. The van der Waals surface area contributed by atoms with Crippen molar-refractivity contribution < 1.29 is 167 Å². The minimum atomic E-state index is -4.82. The van der Waals surface area contributed by atoms with E-state index in [1.165, 1.54) is 159 Å². The summed E-state index contributed by atoms with van der Waals surface area (Å²) in [5.74, 6) is -0.0795. The summed E-state index contributed by atoms with van der Waals surface area (Å²) in [5, 5.41) is 39.7. The van der Waals surface area contributed by atoms with Crippen LogP contribution < -0.4 is 117 Å². The third-order valence-electron chi connectivity index (χ3n) is 20.3. The van der Waals surface area contributed by atoms with Gasteiger partial charge in [0.15, 0.2) is 56.9 Å². The number of hydrogen-bond acceptors (Lipinski definition) is 34. The van der Waals surface area contributed by atoms with Crippen molar-refractivity contribution in [2.45, 2.75) is 78.1 Å². The normalized spacial score (nSPS) is 14.4. The summed E-state index contributed by atoms with van der Waals surface area (Å²) >= 11 is 18.8. The summed E-state index contributed by atoms with van der Waals surface area (Å²) in [6, 6.07) is 36.3. The predicted molar refractivity (Wildman–Crippen MR) is 504 cm³/mol. The Labute approximate surface area is 872 Å². The van der Waals surface area contributed by atoms with E-state index in [1.807, 2.05) is 13.8 Å². The maximum Gasteiger partial charge on any atom is 1.00 e. The van der Waals surface area contributed by atoms with Crippen molar-refractivity contribution in [1.82, 2.24) is 63.2 Å². The second kappa shape index (κ2) is 46.7. The molecule has 8 aromatic heterocycles. The van der Waals surface area contributed by atoms with Gasteiger partial charge >= 0.3 is 77.5 Å². The molecule has 0 bridgehead atoms. The molecule has 16 rings (SSSR count). The second-order valence-electron chi connectivity index (χ2n) is 30.3. The van der Waals surface area contributed by atoms with Crippen LogP contribution in [0.15, 0.2) is 204 Å². The van der Waals surface area contributed by atoms with Crippen LogP contribution in [0, 0.1) is 37.1 Å². The number of aryl methyl sites for hydroxylation is 2. The number of rotatable bonds is 23. The van der Waals surface area contributed by atoms with Crippen molar-refractivity contribution in [3.05, 3.63) is 241 Å². The number of ether oxygens (including phenoxy) is 4. The average Bonchev–Trinajstić information content (AvgIpc) is 1.61. The molecule has 12 N–H and O–H groups in total. The number of pyridine rings is 2. The Morgan fingerprint density at radius 2 is 1.01 bits per heavy atom. The third-order valence-corrected chi connectivity index (χ3v) is 29.2. The van der Waals surface area contributed by atoms with Gasteiger partial charge in [0, 0.05) is 58.5 Å². The Morgan fingerprint density at radius 3 is 1.41 bits per heavy atom. The number of hydrogen-bond donors (Lipinski definition) is 7. The molecule has 2 aliphatic rings. The van der Waals surface area contributed by atoms with Gasteiger partial charge in [-0.3, -0.25) is 24.3 Å². The van der Waals surface area contributed by atoms with Crippen molar-refractivity contribution in [2.75, 3.05) is 102 Å². The number of nitrogens with zero attached hydrogens (tertiary/aromatic N) is 17. The zero-order chi connectivity index (χ0) is 102. The van der Waals surface area contributed by atoms with Gasteiger partial charge in [-0.15, -0.1) is 11.3 Å². The van der Waals surface area contributed by atoms with Crippen molar-refractivity contribution >= 4 is 190 Å². The average molecular weight is 2150 g/mol. The van der Waals surface area contributed by atoms with E-state index in [0.29, 0.717) is 28.1 Å². The maximum atomic E-state index is 14.2. The molecule has 0 saturated carbocycles. The van der Waals surface area contributed by atoms with Crippen LogP contribution in [0.2, 0.25) is 14.4 Å². The number of hydrazine groups is 1. The molecule has 0 spiro atoms. The van der Waals surface area contributed by atoms with E-state index in [0.717, 1.165) is 44.0 Å². The molecule has 2 atom stereocenters. The van der Waals surface area contributed by atoms with E-state index in [-0.39, 0.29) is 258 Å². The number of amides is 2. The van der Waals surface area contributed by atoms with E-state index < -0.39 is 117 Å². The van der Waals surface area contributed by atoms with Crippen LogP contribution in [0.25, 0.3) is 45.1 Å². The van der Waals surface area contributed by atoms with Crippen LogP contribution in [0.4, 0.5) is 97.7 Å². The maximum absolute atomic E-state index is 14.2. The molecule has 2 aliphatic heterocycles. The van der Waals surface area contributed by atoms with E-state index in [9.17, 15) is 84.2 Å². The van der Waals surface area contributed by atoms with Crippen LogP contribution in [0.3, 0.4) is 0 Å². The number of sulfonamides is 4. The number of alkyl halides is 3. The molecule has 2 unspecified atom stereocenters. The number of fused-ring (bicyclic) bond motifs is 2. The third kappa shape index (κ3) is 26.5. The minimum Gasteiger partial charge on any atom is -0.858 e. The van der Waals surface area contributed by atoms with Gasteiger partial charge in [-0.05, 0) is 161 Å². The SMILES string of the molecule is COC(=O)N(CC(F)(F)F)c1c(N)nc(-c2nn(Cc3ccccc3F)c3ncc(F)cc23)nc1N.COC(=O)N(N)c1c(N)nc(-c2nn(Cc3ccccc3F)c3ncc(F)cc23)nc1N.Cc1noc(C)c1S(=O)(=O)Nc1ccc(Cl)cc1C([O-])=Nc1ccc(S(=O)(=O)N2CC(C)OC(C)C2)cc1.O=S(=O)(Nc1ccc(Cl)cc1C([O-])=Nc1ccc(S(=O)(=O)N2CCOCC2)cc1)c1ccc(Cl)s1.[Na+].[Na+].